The van der Waals surface area contributed by atoms with Crippen LogP contribution in [0.4, 0.5) is 0 Å². The molecule has 3 aliphatic carbocycles. The second kappa shape index (κ2) is 7.27. The number of aromatic nitrogens is 2. The minimum absolute atomic E-state index is 0.265. The summed E-state index contributed by atoms with van der Waals surface area (Å²) in [6, 6.07) is 0.676. The van der Waals surface area contributed by atoms with Crippen LogP contribution >= 0.6 is 0 Å². The number of nitrogens with zero attached hydrogens (tertiary/aromatic N) is 3. The first-order valence-corrected chi connectivity index (χ1v) is 12.3. The molecule has 3 saturated carbocycles. The third kappa shape index (κ3) is 4.16. The summed E-state index contributed by atoms with van der Waals surface area (Å²) in [5, 5.41) is 0.265. The van der Waals surface area contributed by atoms with E-state index >= 15 is 0 Å². The van der Waals surface area contributed by atoms with Crippen molar-refractivity contribution in [2.75, 3.05) is 13.3 Å². The molecule has 0 unspecified atom stereocenters. The van der Waals surface area contributed by atoms with Gasteiger partial charge in [-0.3, -0.25) is 4.90 Å². The first-order chi connectivity index (χ1) is 12.4. The van der Waals surface area contributed by atoms with E-state index in [1.807, 2.05) is 10.8 Å². The van der Waals surface area contributed by atoms with E-state index in [-0.39, 0.29) is 5.16 Å². The lowest BCUT2D eigenvalue weighted by molar-refractivity contribution is 0.180. The van der Waals surface area contributed by atoms with Crippen molar-refractivity contribution in [3.05, 3.63) is 11.9 Å². The molecule has 0 bridgehead atoms. The zero-order chi connectivity index (χ0) is 18.3. The number of sulfone groups is 1. The maximum absolute atomic E-state index is 12.3. The summed E-state index contributed by atoms with van der Waals surface area (Å²) < 4.78 is 26.6. The van der Waals surface area contributed by atoms with Gasteiger partial charge < -0.3 is 4.57 Å². The Kier molecular flexibility index (Phi) is 5.17. The zero-order valence-corrected chi connectivity index (χ0v) is 17.0. The molecular formula is C20H33N3O2S. The van der Waals surface area contributed by atoms with Crippen molar-refractivity contribution in [2.45, 2.75) is 82.1 Å². The predicted octanol–water partition coefficient (Wildman–Crippen LogP) is 3.49. The van der Waals surface area contributed by atoms with Gasteiger partial charge in [-0.25, -0.2) is 13.4 Å². The van der Waals surface area contributed by atoms with Crippen LogP contribution in [-0.2, 0) is 22.9 Å². The fourth-order valence-corrected chi connectivity index (χ4v) is 5.81. The smallest absolute Gasteiger partial charge is 0.227 e. The lowest BCUT2D eigenvalue weighted by Crippen LogP contribution is -2.35. The van der Waals surface area contributed by atoms with E-state index in [2.05, 4.69) is 16.9 Å². The molecule has 0 saturated heterocycles. The molecule has 4 rings (SSSR count). The highest BCUT2D eigenvalue weighted by atomic mass is 32.2. The minimum Gasteiger partial charge on any atom is -0.317 e. The van der Waals surface area contributed by atoms with Gasteiger partial charge >= 0.3 is 0 Å². The van der Waals surface area contributed by atoms with Crippen LogP contribution in [0.15, 0.2) is 11.4 Å². The maximum Gasteiger partial charge on any atom is 0.227 e. The van der Waals surface area contributed by atoms with Crippen molar-refractivity contribution in [2.24, 2.45) is 17.8 Å². The second-order valence-corrected chi connectivity index (χ2v) is 10.9. The molecule has 6 heteroatoms. The van der Waals surface area contributed by atoms with Gasteiger partial charge in [0, 0.05) is 25.4 Å². The van der Waals surface area contributed by atoms with Gasteiger partial charge in [-0.1, -0.05) is 19.3 Å². The molecule has 0 spiro atoms. The SMILES string of the molecule is CN(Cc1cnc(S(C)(=O)=O)n1CC1CCCCC1)C(C1CC1)C1CC1. The van der Waals surface area contributed by atoms with E-state index in [0.717, 1.165) is 30.6 Å². The summed E-state index contributed by atoms with van der Waals surface area (Å²) in [6.45, 7) is 1.62. The van der Waals surface area contributed by atoms with Crippen LogP contribution in [0.25, 0.3) is 0 Å². The van der Waals surface area contributed by atoms with Crippen molar-refractivity contribution in [1.29, 1.82) is 0 Å². The lowest BCUT2D eigenvalue weighted by Gasteiger charge is -2.29. The molecule has 0 radical (unpaired) electrons. The van der Waals surface area contributed by atoms with E-state index in [9.17, 15) is 8.42 Å². The zero-order valence-electron chi connectivity index (χ0n) is 16.2. The molecule has 0 aromatic carbocycles. The average molecular weight is 380 g/mol. The Bertz CT molecular complexity index is 716. The molecule has 3 aliphatic rings. The molecule has 1 heterocycles. The topological polar surface area (TPSA) is 55.2 Å². The first-order valence-electron chi connectivity index (χ1n) is 10.4. The molecule has 1 aromatic rings. The van der Waals surface area contributed by atoms with E-state index in [1.165, 1.54) is 64.0 Å². The van der Waals surface area contributed by atoms with E-state index in [4.69, 9.17) is 0 Å². The van der Waals surface area contributed by atoms with E-state index in [1.54, 1.807) is 0 Å². The van der Waals surface area contributed by atoms with Crippen molar-refractivity contribution in [3.63, 3.8) is 0 Å². The van der Waals surface area contributed by atoms with Gasteiger partial charge in [0.15, 0.2) is 0 Å². The van der Waals surface area contributed by atoms with Gasteiger partial charge in [0.25, 0.3) is 0 Å². The summed E-state index contributed by atoms with van der Waals surface area (Å²) in [5.41, 5.74) is 1.07. The van der Waals surface area contributed by atoms with Crippen molar-refractivity contribution >= 4 is 9.84 Å². The molecule has 0 amide bonds. The number of hydrogen-bond donors (Lipinski definition) is 0. The monoisotopic (exact) mass is 379 g/mol. The highest BCUT2D eigenvalue weighted by Crippen LogP contribution is 2.47. The van der Waals surface area contributed by atoms with Gasteiger partial charge in [-0.05, 0) is 63.3 Å². The summed E-state index contributed by atoms with van der Waals surface area (Å²) in [7, 11) is -1.07. The third-order valence-electron chi connectivity index (χ3n) is 6.53. The lowest BCUT2D eigenvalue weighted by atomic mass is 9.89. The van der Waals surface area contributed by atoms with Crippen LogP contribution in [0.3, 0.4) is 0 Å². The Hall–Kier alpha value is -0.880. The first kappa shape index (κ1) is 18.5. The highest BCUT2D eigenvalue weighted by molar-refractivity contribution is 7.90. The molecule has 5 nitrogen and oxygen atoms in total. The van der Waals surface area contributed by atoms with Crippen molar-refractivity contribution < 1.29 is 8.42 Å². The fourth-order valence-electron chi connectivity index (χ4n) is 4.98. The van der Waals surface area contributed by atoms with Gasteiger partial charge in [-0.2, -0.15) is 0 Å². The third-order valence-corrected chi connectivity index (χ3v) is 7.52. The Balaban J connectivity index is 1.55. The molecule has 3 fully saturated rings. The Morgan fingerprint density at radius 2 is 1.73 bits per heavy atom. The van der Waals surface area contributed by atoms with Gasteiger partial charge in [0.2, 0.25) is 15.0 Å². The number of imidazole rings is 1. The highest BCUT2D eigenvalue weighted by Gasteiger charge is 2.43. The van der Waals surface area contributed by atoms with Crippen LogP contribution in [0.2, 0.25) is 0 Å². The minimum atomic E-state index is -3.29. The standard InChI is InChI=1S/C20H33N3O2S/c1-22(19(16-8-9-16)17-10-11-17)14-18-12-21-20(26(2,24)25)23(18)13-15-6-4-3-5-7-15/h12,15-17,19H,3-11,13-14H2,1-2H3. The quantitative estimate of drug-likeness (QED) is 0.694. The van der Waals surface area contributed by atoms with Crippen LogP contribution in [0, 0.1) is 17.8 Å². The Morgan fingerprint density at radius 3 is 2.27 bits per heavy atom. The molecule has 1 aromatic heterocycles. The van der Waals surface area contributed by atoms with Crippen LogP contribution in [0.5, 0.6) is 0 Å². The van der Waals surface area contributed by atoms with Crippen molar-refractivity contribution in [1.82, 2.24) is 14.5 Å². The predicted molar refractivity (Wildman–Crippen MR) is 103 cm³/mol. The summed E-state index contributed by atoms with van der Waals surface area (Å²) in [4.78, 5) is 6.82. The maximum atomic E-state index is 12.3. The number of hydrogen-bond acceptors (Lipinski definition) is 4. The summed E-state index contributed by atoms with van der Waals surface area (Å²) in [6.07, 6.45) is 14.8. The molecule has 26 heavy (non-hydrogen) atoms. The molecule has 0 aliphatic heterocycles. The van der Waals surface area contributed by atoms with Gasteiger partial charge in [-0.15, -0.1) is 0 Å². The van der Waals surface area contributed by atoms with E-state index < -0.39 is 9.84 Å². The number of rotatable bonds is 8. The normalized spacial score (nSPS) is 22.5. The van der Waals surface area contributed by atoms with Crippen molar-refractivity contribution in [3.8, 4) is 0 Å². The second-order valence-electron chi connectivity index (χ2n) is 9.00. The van der Waals surface area contributed by atoms with Gasteiger partial charge in [0.1, 0.15) is 0 Å². The molecule has 146 valence electrons. The molecule has 0 atom stereocenters. The molecule has 0 N–H and O–H groups in total. The Morgan fingerprint density at radius 1 is 1.12 bits per heavy atom. The van der Waals surface area contributed by atoms with Gasteiger partial charge in [0.05, 0.1) is 11.9 Å². The van der Waals surface area contributed by atoms with Crippen LogP contribution in [0.1, 0.15) is 63.5 Å². The van der Waals surface area contributed by atoms with Crippen LogP contribution in [-0.4, -0.2) is 42.2 Å². The Labute approximate surface area is 158 Å². The average Bonchev–Trinajstić information content (AvgIpc) is 3.50. The fraction of sp³-hybridized carbons (Fsp3) is 0.850. The summed E-state index contributed by atoms with van der Waals surface area (Å²) >= 11 is 0. The summed E-state index contributed by atoms with van der Waals surface area (Å²) in [5.74, 6) is 2.30. The van der Waals surface area contributed by atoms with Crippen LogP contribution < -0.4 is 0 Å². The molecular weight excluding hydrogens is 346 g/mol. The largest absolute Gasteiger partial charge is 0.317 e. The van der Waals surface area contributed by atoms with E-state index in [0.29, 0.717) is 12.0 Å².